The first kappa shape index (κ1) is 83.7. The van der Waals surface area contributed by atoms with E-state index in [2.05, 4.69) is 50.8 Å². The van der Waals surface area contributed by atoms with Gasteiger partial charge in [0.1, 0.15) is 54.3 Å². The Morgan fingerprint density at radius 3 is 1.50 bits per heavy atom. The van der Waals surface area contributed by atoms with E-state index in [9.17, 15) is 29.7 Å². The van der Waals surface area contributed by atoms with Crippen LogP contribution in [-0.2, 0) is 56.5 Å². The average Bonchev–Trinajstić information content (AvgIpc) is 1.79. The Morgan fingerprint density at radius 1 is 0.568 bits per heavy atom. The van der Waals surface area contributed by atoms with Gasteiger partial charge in [-0.15, -0.1) is 68.0 Å². The molecule has 11 aromatic rings. The number of carbonyl (C=O) groups is 4. The highest BCUT2D eigenvalue weighted by Crippen LogP contribution is 2.41. The van der Waals surface area contributed by atoms with E-state index < -0.39 is 17.9 Å². The van der Waals surface area contributed by atoms with E-state index in [1.54, 1.807) is 66.6 Å². The van der Waals surface area contributed by atoms with Gasteiger partial charge >= 0.3 is 6.09 Å². The number of rotatable bonds is 33. The molecule has 12 rings (SSSR count). The predicted molar refractivity (Wildman–Crippen MR) is 441 cm³/mol. The number of imidazole rings is 1. The standard InChI is InChI=1S/C33H34N8O5S2.C18H21N3O3S2.C13H14N6O.C12H13NO2S2/c1-41(28-10-9-27(48-28)26-8-7-24(47-26)17-23(18-34)30(42)37-13-15-44-2)14-16-45-33(43)38-19-21-3-5-22(6-4-21)20-46-31-29-25(11-12-36-29)39-32(35)40-31;1-21(8-9-22)17-6-5-16(26-17)15-4-3-14(25-15)11-13(12-19)18(23)20-7-10-24-2;14-5-8-1-3-9(4-2-8)6-20-12-10-11(17-7-16-10)18-13(15)19-12;1-13(6-7-14)12-5-4-11(17-12)10-3-2-9(8-15)16-10/h3-10,12,17H,11,13-16,19-20H2,1-2H3,(H,37,42)(H,38,43)(H2,35,39,40);3-6,11,22H,7-10H2,1-2H3,(H,20,23);1-4,7H,5-6,14H2,(H3,15,16,17,18,19);2-5,8,14H,6-7H2,1H3/b23-17+;13-11+;;. The van der Waals surface area contributed by atoms with E-state index >= 15 is 0 Å². The molecule has 0 atom stereocenters. The number of nitrogens with one attached hydrogen (secondary N) is 4. The lowest BCUT2D eigenvalue weighted by molar-refractivity contribution is -0.118. The zero-order chi connectivity index (χ0) is 79.0. The molecule has 0 spiro atoms. The third kappa shape index (κ3) is 25.1. The number of thiophene rings is 6. The second-order valence-corrected chi connectivity index (χ2v) is 30.3. The lowest BCUT2D eigenvalue weighted by atomic mass is 10.1. The van der Waals surface area contributed by atoms with Crippen LogP contribution in [0.15, 0.2) is 144 Å². The molecule has 0 saturated heterocycles. The molecule has 0 radical (unpaired) electrons. The largest absolute Gasteiger partial charge is 0.471 e. The lowest BCUT2D eigenvalue weighted by Crippen LogP contribution is -2.28. The number of H-pyrrole nitrogens is 1. The maximum atomic E-state index is 12.3. The first-order valence-electron chi connectivity index (χ1n) is 34.3. The minimum atomic E-state index is -0.498. The highest BCUT2D eigenvalue weighted by molar-refractivity contribution is 7.25. The van der Waals surface area contributed by atoms with E-state index in [0.717, 1.165) is 93.1 Å². The summed E-state index contributed by atoms with van der Waals surface area (Å²) in [6.07, 6.45) is 7.46. The summed E-state index contributed by atoms with van der Waals surface area (Å²) in [6.45, 7) is 5.19. The smallest absolute Gasteiger partial charge is 0.407 e. The number of fused-ring (bicyclic) bond motifs is 2. The van der Waals surface area contributed by atoms with Crippen LogP contribution < -0.4 is 57.3 Å². The number of ether oxygens (including phenoxy) is 5. The molecule has 1 aliphatic rings. The molecule has 0 bridgehead atoms. The highest BCUT2D eigenvalue weighted by atomic mass is 32.1. The van der Waals surface area contributed by atoms with E-state index in [0.29, 0.717) is 107 Å². The first-order valence-corrected chi connectivity index (χ1v) is 39.2. The first-order chi connectivity index (χ1) is 53.9. The van der Waals surface area contributed by atoms with E-state index in [4.69, 9.17) is 51.1 Å². The molecule has 9 aromatic heterocycles. The zero-order valence-corrected chi connectivity index (χ0v) is 66.1. The van der Waals surface area contributed by atoms with Crippen LogP contribution in [0, 0.1) is 22.7 Å². The number of nitrogen functional groups attached to an aromatic ring is 2. The normalized spacial score (nSPS) is 11.3. The number of nitriles is 2. The van der Waals surface area contributed by atoms with Crippen molar-refractivity contribution in [3.8, 4) is 53.2 Å². The van der Waals surface area contributed by atoms with Gasteiger partial charge in [0.25, 0.3) is 11.8 Å². The van der Waals surface area contributed by atoms with Crippen LogP contribution in [0.2, 0.25) is 0 Å². The Bertz CT molecular complexity index is 5050. The summed E-state index contributed by atoms with van der Waals surface area (Å²) in [5.41, 5.74) is 23.5. The van der Waals surface area contributed by atoms with Crippen LogP contribution in [0.3, 0.4) is 0 Å². The van der Waals surface area contributed by atoms with Crippen LogP contribution in [-0.4, -0.2) is 172 Å². The number of aliphatic imine (C=N–C) groups is 1. The Hall–Kier alpha value is -11.3. The quantitative estimate of drug-likeness (QED) is 0.00798. The number of amides is 3. The summed E-state index contributed by atoms with van der Waals surface area (Å²) >= 11 is 9.42. The molecule has 0 fully saturated rings. The van der Waals surface area contributed by atoms with Crippen molar-refractivity contribution in [2.75, 3.05) is 127 Å². The number of hydrogen-bond donors (Lipinski definition) is 9. The number of nitrogens with zero attached hydrogens (tertiary/aromatic N) is 11. The fourth-order valence-electron chi connectivity index (χ4n) is 9.95. The van der Waals surface area contributed by atoms with Crippen molar-refractivity contribution in [1.29, 1.82) is 10.5 Å². The third-order valence-corrected chi connectivity index (χ3v) is 23.1. The minimum Gasteiger partial charge on any atom is -0.471 e. The summed E-state index contributed by atoms with van der Waals surface area (Å²) in [5, 5.41) is 47.9. The number of carbonyl (C=O) groups excluding carboxylic acids is 4. The fraction of sp³-hybridized carbons (Fsp3) is 0.263. The number of benzene rings is 2. The molecular weight excluding hydrogens is 1530 g/mol. The topological polar surface area (TPSA) is 419 Å². The summed E-state index contributed by atoms with van der Waals surface area (Å²) in [6, 6.07) is 43.2. The van der Waals surface area contributed by atoms with Crippen molar-refractivity contribution >= 4 is 154 Å². The number of likely N-dealkylation sites (N-methyl/N-ethyl adjacent to an activating group) is 3. The monoisotopic (exact) mass is 1610 g/mol. The number of aliphatic hydroxyl groups excluding tert-OH is 2. The molecule has 10 heterocycles. The van der Waals surface area contributed by atoms with Crippen LogP contribution in [0.4, 0.5) is 37.4 Å². The molecule has 0 unspecified atom stereocenters. The SMILES string of the molecule is CN(CCO)c1ccc(-c2ccc(C=O)s2)s1.COCCNC(=O)/C(C#N)=C/c1ccc(-c2ccc(N(C)CCO)s2)s1.COCCNC(=O)/C(C#N)=C/c1ccc(-c2ccc(N(C)CCOC(=O)NCc3ccc(COc4nc(N)nc5c4N=CC5)cc3)s2)s1.NCc1ccc(COc2nc(N)nc3nc[nH]c23)cc1. The zero-order valence-electron chi connectivity index (χ0n) is 61.2. The molecule has 3 amide bonds. The van der Waals surface area contributed by atoms with Crippen molar-refractivity contribution in [2.45, 2.75) is 32.7 Å². The molecule has 578 valence electrons. The van der Waals surface area contributed by atoms with E-state index in [1.807, 2.05) is 169 Å². The third-order valence-electron chi connectivity index (χ3n) is 15.8. The maximum absolute atomic E-state index is 12.3. The minimum absolute atomic E-state index is 0.0408. The summed E-state index contributed by atoms with van der Waals surface area (Å²) < 4.78 is 26.7. The van der Waals surface area contributed by atoms with Crippen molar-refractivity contribution in [2.24, 2.45) is 10.7 Å². The van der Waals surface area contributed by atoms with Gasteiger partial charge in [-0.2, -0.15) is 25.5 Å². The van der Waals surface area contributed by atoms with Crippen molar-refractivity contribution in [3.05, 3.63) is 181 Å². The Morgan fingerprint density at radius 2 is 1.02 bits per heavy atom. The van der Waals surface area contributed by atoms with Gasteiger partial charge in [-0.3, -0.25) is 19.4 Å². The van der Waals surface area contributed by atoms with Crippen molar-refractivity contribution in [3.63, 3.8) is 0 Å². The average molecular weight is 1620 g/mol. The molecule has 1 aliphatic heterocycles. The number of aromatic nitrogens is 6. The fourth-order valence-corrected chi connectivity index (χ4v) is 15.9. The van der Waals surface area contributed by atoms with Crippen LogP contribution in [0.25, 0.3) is 52.6 Å². The van der Waals surface area contributed by atoms with Crippen LogP contribution in [0.1, 0.15) is 47.4 Å². The van der Waals surface area contributed by atoms with Crippen LogP contribution in [0.5, 0.6) is 11.8 Å². The molecule has 0 aliphatic carbocycles. The van der Waals surface area contributed by atoms with E-state index in [1.165, 1.54) is 40.3 Å². The highest BCUT2D eigenvalue weighted by Gasteiger charge is 2.20. The number of methoxy groups -OCH3 is 2. The molecule has 111 heavy (non-hydrogen) atoms. The molecule has 0 saturated carbocycles. The number of nitrogens with two attached hydrogens (primary N) is 3. The summed E-state index contributed by atoms with van der Waals surface area (Å²) in [7, 11) is 8.93. The number of aromatic amines is 1. The van der Waals surface area contributed by atoms with Gasteiger partial charge < -0.3 is 86.7 Å². The Labute approximate surface area is 664 Å². The number of aldehydes is 1. The Kier molecular flexibility index (Phi) is 32.6. The molecular formula is C76H82N18O11S6. The summed E-state index contributed by atoms with van der Waals surface area (Å²) in [5.74, 6) is 0.225. The Balaban J connectivity index is 0.000000188. The number of aliphatic hydroxyl groups is 2. The second-order valence-electron chi connectivity index (χ2n) is 23.8. The maximum Gasteiger partial charge on any atom is 0.407 e. The van der Waals surface area contributed by atoms with E-state index in [-0.39, 0.29) is 42.9 Å². The molecule has 35 heteroatoms. The van der Waals surface area contributed by atoms with Gasteiger partial charge in [0.2, 0.25) is 23.7 Å². The second kappa shape index (κ2) is 43.2. The van der Waals surface area contributed by atoms with Crippen LogP contribution >= 0.6 is 68.0 Å². The van der Waals surface area contributed by atoms with Gasteiger partial charge in [0.05, 0.1) is 64.9 Å². The van der Waals surface area contributed by atoms with Gasteiger partial charge in [-0.25, -0.2) is 14.8 Å². The van der Waals surface area contributed by atoms with Crippen molar-refractivity contribution < 1.29 is 53.1 Å². The predicted octanol–water partition coefficient (Wildman–Crippen LogP) is 11.0. The molecule has 29 nitrogen and oxygen atoms in total. The van der Waals surface area contributed by atoms with Gasteiger partial charge in [0, 0.05) is 126 Å². The van der Waals surface area contributed by atoms with Gasteiger partial charge in [0.15, 0.2) is 11.9 Å². The number of anilines is 5. The number of alkyl carbamates (subject to hydrolysis) is 1. The lowest BCUT2D eigenvalue weighted by Gasteiger charge is -2.17. The van der Waals surface area contributed by atoms with Gasteiger partial charge in [-0.05, 0) is 107 Å². The number of hydrogen-bond acceptors (Lipinski definition) is 31. The molecule has 12 N–H and O–H groups in total. The van der Waals surface area contributed by atoms with Crippen molar-refractivity contribution in [1.82, 2.24) is 45.9 Å². The molecule has 2 aromatic carbocycles. The van der Waals surface area contributed by atoms with Gasteiger partial charge in [-0.1, -0.05) is 48.5 Å². The summed E-state index contributed by atoms with van der Waals surface area (Å²) in [4.78, 5) is 89.8.